The van der Waals surface area contributed by atoms with E-state index < -0.39 is 11.2 Å². The summed E-state index contributed by atoms with van der Waals surface area (Å²) in [5.41, 5.74) is 0.0457. The average molecular weight is 486 g/mol. The van der Waals surface area contributed by atoms with Crippen LogP contribution in [0.1, 0.15) is 23.2 Å². The van der Waals surface area contributed by atoms with Gasteiger partial charge in [-0.3, -0.25) is 23.5 Å². The van der Waals surface area contributed by atoms with E-state index in [0.717, 1.165) is 4.57 Å². The molecular formula is C23H24ClN5O5. The first kappa shape index (κ1) is 23.5. The summed E-state index contributed by atoms with van der Waals surface area (Å²) in [6, 6.07) is 6.41. The van der Waals surface area contributed by atoms with Gasteiger partial charge in [-0.25, -0.2) is 9.78 Å². The van der Waals surface area contributed by atoms with Crippen LogP contribution in [0.25, 0.3) is 11.0 Å². The van der Waals surface area contributed by atoms with Crippen molar-refractivity contribution in [2.75, 3.05) is 25.5 Å². The molecule has 0 unspecified atom stereocenters. The summed E-state index contributed by atoms with van der Waals surface area (Å²) >= 11 is 6.05. The number of pyridine rings is 1. The molecule has 0 saturated carbocycles. The van der Waals surface area contributed by atoms with Crippen molar-refractivity contribution >= 4 is 40.1 Å². The first-order valence-electron chi connectivity index (χ1n) is 10.7. The number of hydrogen-bond donors (Lipinski definition) is 1. The SMILES string of the molecule is COc1ccc(Cl)cc1C(=O)N1CCC(C(=O)Nc2cnc3c(c2)c(=O)n(C)c(=O)n3C)CC1. The highest BCUT2D eigenvalue weighted by Gasteiger charge is 2.29. The number of likely N-dealkylation sites (tertiary alicyclic amines) is 1. The third-order valence-electron chi connectivity index (χ3n) is 6.11. The van der Waals surface area contributed by atoms with Crippen LogP contribution in [0.2, 0.25) is 5.02 Å². The quantitative estimate of drug-likeness (QED) is 0.602. The number of fused-ring (bicyclic) bond motifs is 1. The Balaban J connectivity index is 1.45. The number of methoxy groups -OCH3 is 1. The summed E-state index contributed by atoms with van der Waals surface area (Å²) in [4.78, 5) is 56.2. The smallest absolute Gasteiger partial charge is 0.332 e. The van der Waals surface area contributed by atoms with Crippen molar-refractivity contribution in [1.82, 2.24) is 19.0 Å². The molecule has 4 rings (SSSR count). The average Bonchev–Trinajstić information content (AvgIpc) is 2.85. The molecule has 1 N–H and O–H groups in total. The minimum atomic E-state index is -0.482. The molecule has 1 aromatic carbocycles. The molecule has 178 valence electrons. The van der Waals surface area contributed by atoms with E-state index >= 15 is 0 Å². The standard InChI is InChI=1S/C23H24ClN5O5/c1-27-19-17(21(31)28(2)23(27)33)11-15(12-25-19)26-20(30)13-6-8-29(9-7-13)22(32)16-10-14(24)4-5-18(16)34-3/h4-5,10-13H,6-9H2,1-3H3,(H,26,30). The third kappa shape index (κ3) is 4.28. The van der Waals surface area contributed by atoms with E-state index in [9.17, 15) is 19.2 Å². The molecule has 1 fully saturated rings. The van der Waals surface area contributed by atoms with Crippen molar-refractivity contribution in [2.24, 2.45) is 20.0 Å². The Morgan fingerprint density at radius 2 is 1.82 bits per heavy atom. The zero-order valence-electron chi connectivity index (χ0n) is 19.0. The largest absolute Gasteiger partial charge is 0.496 e. The Morgan fingerprint density at radius 1 is 1.12 bits per heavy atom. The van der Waals surface area contributed by atoms with E-state index in [-0.39, 0.29) is 28.8 Å². The molecule has 1 aliphatic rings. The molecule has 0 radical (unpaired) electrons. The van der Waals surface area contributed by atoms with Crippen LogP contribution >= 0.6 is 11.6 Å². The Hall–Kier alpha value is -3.66. The zero-order chi connectivity index (χ0) is 24.6. The number of carbonyl (C=O) groups excluding carboxylic acids is 2. The van der Waals surface area contributed by atoms with Gasteiger partial charge in [0, 0.05) is 38.1 Å². The summed E-state index contributed by atoms with van der Waals surface area (Å²) in [6.07, 6.45) is 2.39. The highest BCUT2D eigenvalue weighted by molar-refractivity contribution is 6.31. The molecule has 0 aliphatic carbocycles. The van der Waals surface area contributed by atoms with Crippen LogP contribution in [0.3, 0.4) is 0 Å². The molecule has 2 amide bonds. The number of hydrogen-bond acceptors (Lipinski definition) is 6. The second-order valence-corrected chi connectivity index (χ2v) is 8.64. The first-order chi connectivity index (χ1) is 16.2. The number of carbonyl (C=O) groups is 2. The van der Waals surface area contributed by atoms with Crippen molar-refractivity contribution < 1.29 is 14.3 Å². The lowest BCUT2D eigenvalue weighted by Crippen LogP contribution is -2.41. The number of aryl methyl sites for hydroxylation is 1. The number of piperidine rings is 1. The molecule has 10 nitrogen and oxygen atoms in total. The van der Waals surface area contributed by atoms with Crippen LogP contribution < -0.4 is 21.3 Å². The van der Waals surface area contributed by atoms with Crippen molar-refractivity contribution in [1.29, 1.82) is 0 Å². The molecule has 3 heterocycles. The van der Waals surface area contributed by atoms with E-state index in [0.29, 0.717) is 48.0 Å². The molecule has 3 aromatic rings. The highest BCUT2D eigenvalue weighted by atomic mass is 35.5. The zero-order valence-corrected chi connectivity index (χ0v) is 19.8. The molecule has 0 atom stereocenters. The fourth-order valence-electron chi connectivity index (χ4n) is 4.14. The number of nitrogens with one attached hydrogen (secondary N) is 1. The van der Waals surface area contributed by atoms with Gasteiger partial charge in [0.15, 0.2) is 0 Å². The molecule has 11 heteroatoms. The monoisotopic (exact) mass is 485 g/mol. The molecule has 1 aliphatic heterocycles. The highest BCUT2D eigenvalue weighted by Crippen LogP contribution is 2.27. The Labute approximate surface area is 199 Å². The van der Waals surface area contributed by atoms with Crippen LogP contribution in [0.5, 0.6) is 5.75 Å². The summed E-state index contributed by atoms with van der Waals surface area (Å²) in [5.74, 6) is -0.265. The second-order valence-electron chi connectivity index (χ2n) is 8.20. The third-order valence-corrected chi connectivity index (χ3v) is 6.34. The van der Waals surface area contributed by atoms with Crippen LogP contribution in [-0.4, -0.2) is 51.0 Å². The number of benzene rings is 1. The normalized spacial score (nSPS) is 14.3. The maximum Gasteiger partial charge on any atom is 0.332 e. The van der Waals surface area contributed by atoms with Crippen LogP contribution in [0, 0.1) is 5.92 Å². The number of anilines is 1. The van der Waals surface area contributed by atoms with E-state index in [2.05, 4.69) is 10.3 Å². The minimum absolute atomic E-state index is 0.196. The number of aromatic nitrogens is 3. The van der Waals surface area contributed by atoms with Gasteiger partial charge in [0.1, 0.15) is 11.4 Å². The lowest BCUT2D eigenvalue weighted by molar-refractivity contribution is -0.121. The predicted octanol–water partition coefficient (Wildman–Crippen LogP) is 1.79. The Morgan fingerprint density at radius 3 is 2.50 bits per heavy atom. The van der Waals surface area contributed by atoms with Gasteiger partial charge in [-0.1, -0.05) is 11.6 Å². The number of ether oxygens (including phenoxy) is 1. The van der Waals surface area contributed by atoms with Crippen LogP contribution in [0.4, 0.5) is 5.69 Å². The Kier molecular flexibility index (Phi) is 6.43. The summed E-state index contributed by atoms with van der Waals surface area (Å²) in [6.45, 7) is 0.816. The number of amides is 2. The molecule has 0 spiro atoms. The summed E-state index contributed by atoms with van der Waals surface area (Å²) < 4.78 is 7.56. The first-order valence-corrected chi connectivity index (χ1v) is 11.1. The van der Waals surface area contributed by atoms with Gasteiger partial charge >= 0.3 is 5.69 Å². The van der Waals surface area contributed by atoms with Crippen LogP contribution in [-0.2, 0) is 18.9 Å². The number of rotatable bonds is 4. The van der Waals surface area contributed by atoms with Gasteiger partial charge < -0.3 is 15.0 Å². The van der Waals surface area contributed by atoms with Gasteiger partial charge in [-0.05, 0) is 37.1 Å². The minimum Gasteiger partial charge on any atom is -0.496 e. The lowest BCUT2D eigenvalue weighted by atomic mass is 9.95. The Bertz CT molecular complexity index is 1410. The topological polar surface area (TPSA) is 116 Å². The van der Waals surface area contributed by atoms with Crippen molar-refractivity contribution in [3.05, 3.63) is 61.9 Å². The summed E-state index contributed by atoms with van der Waals surface area (Å²) in [5, 5.41) is 3.48. The van der Waals surface area contributed by atoms with Gasteiger partial charge in [-0.15, -0.1) is 0 Å². The molecule has 34 heavy (non-hydrogen) atoms. The molecule has 0 bridgehead atoms. The van der Waals surface area contributed by atoms with Gasteiger partial charge in [-0.2, -0.15) is 0 Å². The van der Waals surface area contributed by atoms with E-state index in [4.69, 9.17) is 16.3 Å². The number of nitrogens with zero attached hydrogens (tertiary/aromatic N) is 4. The fraction of sp³-hybridized carbons (Fsp3) is 0.348. The van der Waals surface area contributed by atoms with Crippen molar-refractivity contribution in [2.45, 2.75) is 12.8 Å². The van der Waals surface area contributed by atoms with Gasteiger partial charge in [0.25, 0.3) is 11.5 Å². The van der Waals surface area contributed by atoms with Gasteiger partial charge in [0.05, 0.1) is 29.9 Å². The van der Waals surface area contributed by atoms with Gasteiger partial charge in [0.2, 0.25) is 5.91 Å². The van der Waals surface area contributed by atoms with E-state index in [1.807, 2.05) is 0 Å². The molecule has 1 saturated heterocycles. The molecular weight excluding hydrogens is 462 g/mol. The number of halogens is 1. The molecule has 2 aromatic heterocycles. The van der Waals surface area contributed by atoms with E-state index in [1.165, 1.54) is 38.0 Å². The fourth-order valence-corrected chi connectivity index (χ4v) is 4.31. The maximum absolute atomic E-state index is 13.0. The van der Waals surface area contributed by atoms with E-state index in [1.54, 1.807) is 23.1 Å². The van der Waals surface area contributed by atoms with Crippen molar-refractivity contribution in [3.8, 4) is 5.75 Å². The summed E-state index contributed by atoms with van der Waals surface area (Å²) in [7, 11) is 4.42. The predicted molar refractivity (Wildman–Crippen MR) is 127 cm³/mol. The van der Waals surface area contributed by atoms with Crippen LogP contribution in [0.15, 0.2) is 40.1 Å². The second kappa shape index (κ2) is 9.30. The maximum atomic E-state index is 13.0. The lowest BCUT2D eigenvalue weighted by Gasteiger charge is -2.31. The van der Waals surface area contributed by atoms with Crippen molar-refractivity contribution in [3.63, 3.8) is 0 Å².